The van der Waals surface area contributed by atoms with Crippen LogP contribution in [0.25, 0.3) is 0 Å². The van der Waals surface area contributed by atoms with Crippen molar-refractivity contribution in [3.63, 3.8) is 0 Å². The molecule has 2 nitrogen and oxygen atoms in total. The van der Waals surface area contributed by atoms with Crippen molar-refractivity contribution in [2.24, 2.45) is 0 Å². The van der Waals surface area contributed by atoms with Crippen LogP contribution in [0, 0.1) is 0 Å². The SMILES string of the molecule is O=C(CNc1ccccc1)c1cscc1Br. The lowest BCUT2D eigenvalue weighted by molar-refractivity contribution is 0.101. The summed E-state index contributed by atoms with van der Waals surface area (Å²) in [6, 6.07) is 9.70. The number of nitrogens with one attached hydrogen (secondary N) is 1. The van der Waals surface area contributed by atoms with Crippen molar-refractivity contribution >= 4 is 38.7 Å². The van der Waals surface area contributed by atoms with Gasteiger partial charge in [-0.25, -0.2) is 0 Å². The molecule has 0 aliphatic carbocycles. The molecule has 1 heterocycles. The first-order valence-electron chi connectivity index (χ1n) is 4.81. The summed E-state index contributed by atoms with van der Waals surface area (Å²) in [5.41, 5.74) is 1.70. The third kappa shape index (κ3) is 2.71. The Hall–Kier alpha value is -1.13. The zero-order chi connectivity index (χ0) is 11.4. The predicted molar refractivity (Wildman–Crippen MR) is 71.3 cm³/mol. The molecule has 1 N–H and O–H groups in total. The van der Waals surface area contributed by atoms with Crippen LogP contribution in [0.4, 0.5) is 5.69 Å². The lowest BCUT2D eigenvalue weighted by atomic mass is 10.2. The summed E-state index contributed by atoms with van der Waals surface area (Å²) in [5.74, 6) is 0.0944. The van der Waals surface area contributed by atoms with E-state index in [1.165, 1.54) is 11.3 Å². The number of anilines is 1. The van der Waals surface area contributed by atoms with Crippen molar-refractivity contribution in [3.8, 4) is 0 Å². The molecule has 0 saturated carbocycles. The van der Waals surface area contributed by atoms with E-state index >= 15 is 0 Å². The number of Topliss-reactive ketones (excluding diaryl/α,β-unsaturated/α-hetero) is 1. The number of hydrogen-bond donors (Lipinski definition) is 1. The molecule has 0 atom stereocenters. The molecule has 2 aromatic rings. The van der Waals surface area contributed by atoms with Crippen molar-refractivity contribution in [1.82, 2.24) is 0 Å². The van der Waals surface area contributed by atoms with Gasteiger partial charge in [-0.1, -0.05) is 18.2 Å². The van der Waals surface area contributed by atoms with Crippen molar-refractivity contribution in [3.05, 3.63) is 51.1 Å². The predicted octanol–water partition coefficient (Wildman–Crippen LogP) is 3.81. The number of para-hydroxylation sites is 1. The monoisotopic (exact) mass is 295 g/mol. The summed E-state index contributed by atoms with van der Waals surface area (Å²) >= 11 is 4.88. The van der Waals surface area contributed by atoms with Gasteiger partial charge in [-0.05, 0) is 28.1 Å². The summed E-state index contributed by atoms with van der Waals surface area (Å²) in [4.78, 5) is 11.8. The maximum absolute atomic E-state index is 11.8. The van der Waals surface area contributed by atoms with Crippen LogP contribution in [0.5, 0.6) is 0 Å². The smallest absolute Gasteiger partial charge is 0.183 e. The van der Waals surface area contributed by atoms with Crippen LogP contribution in [-0.4, -0.2) is 12.3 Å². The minimum absolute atomic E-state index is 0.0944. The van der Waals surface area contributed by atoms with Crippen molar-refractivity contribution in [2.75, 3.05) is 11.9 Å². The molecule has 0 aliphatic heterocycles. The van der Waals surface area contributed by atoms with E-state index in [1.807, 2.05) is 41.1 Å². The largest absolute Gasteiger partial charge is 0.378 e. The van der Waals surface area contributed by atoms with Gasteiger partial charge >= 0.3 is 0 Å². The van der Waals surface area contributed by atoms with E-state index in [0.29, 0.717) is 6.54 Å². The molecular weight excluding hydrogens is 286 g/mol. The minimum atomic E-state index is 0.0944. The maximum Gasteiger partial charge on any atom is 0.183 e. The first-order valence-corrected chi connectivity index (χ1v) is 6.55. The lowest BCUT2D eigenvalue weighted by Crippen LogP contribution is -2.13. The third-order valence-corrected chi connectivity index (χ3v) is 3.84. The normalized spacial score (nSPS) is 10.1. The van der Waals surface area contributed by atoms with E-state index in [9.17, 15) is 4.79 Å². The molecule has 0 fully saturated rings. The molecule has 0 bridgehead atoms. The van der Waals surface area contributed by atoms with E-state index in [-0.39, 0.29) is 5.78 Å². The first kappa shape index (κ1) is 11.4. The molecule has 1 aromatic carbocycles. The molecule has 16 heavy (non-hydrogen) atoms. The molecule has 82 valence electrons. The fourth-order valence-electron chi connectivity index (χ4n) is 1.31. The Kier molecular flexibility index (Phi) is 3.74. The Balaban J connectivity index is 1.97. The fraction of sp³-hybridized carbons (Fsp3) is 0.0833. The van der Waals surface area contributed by atoms with Gasteiger partial charge in [0, 0.05) is 26.5 Å². The van der Waals surface area contributed by atoms with Crippen LogP contribution < -0.4 is 5.32 Å². The van der Waals surface area contributed by atoms with E-state index in [4.69, 9.17) is 0 Å². The van der Waals surface area contributed by atoms with Crippen LogP contribution in [0.1, 0.15) is 10.4 Å². The van der Waals surface area contributed by atoms with Crippen LogP contribution in [-0.2, 0) is 0 Å². The second-order valence-electron chi connectivity index (χ2n) is 3.28. The van der Waals surface area contributed by atoms with Crippen LogP contribution in [0.3, 0.4) is 0 Å². The van der Waals surface area contributed by atoms with Gasteiger partial charge in [0.2, 0.25) is 0 Å². The zero-order valence-electron chi connectivity index (χ0n) is 8.44. The van der Waals surface area contributed by atoms with Gasteiger partial charge in [0.05, 0.1) is 6.54 Å². The van der Waals surface area contributed by atoms with E-state index < -0.39 is 0 Å². The second kappa shape index (κ2) is 5.27. The quantitative estimate of drug-likeness (QED) is 0.869. The number of ketones is 1. The van der Waals surface area contributed by atoms with Gasteiger partial charge < -0.3 is 5.32 Å². The van der Waals surface area contributed by atoms with Gasteiger partial charge in [0.25, 0.3) is 0 Å². The molecule has 0 aliphatic rings. The van der Waals surface area contributed by atoms with Gasteiger partial charge in [0.15, 0.2) is 5.78 Å². The van der Waals surface area contributed by atoms with Crippen LogP contribution in [0.15, 0.2) is 45.6 Å². The van der Waals surface area contributed by atoms with Crippen molar-refractivity contribution < 1.29 is 4.79 Å². The summed E-state index contributed by atoms with van der Waals surface area (Å²) in [5, 5.41) is 6.87. The van der Waals surface area contributed by atoms with Crippen molar-refractivity contribution in [1.29, 1.82) is 0 Å². The summed E-state index contributed by atoms with van der Waals surface area (Å²) in [6.45, 7) is 0.319. The molecule has 0 amide bonds. The molecule has 4 heteroatoms. The molecule has 2 rings (SSSR count). The second-order valence-corrected chi connectivity index (χ2v) is 4.87. The number of carbonyl (C=O) groups excluding carboxylic acids is 1. The highest BCUT2D eigenvalue weighted by Gasteiger charge is 2.10. The summed E-state index contributed by atoms with van der Waals surface area (Å²) < 4.78 is 0.873. The van der Waals surface area contributed by atoms with Crippen LogP contribution in [0.2, 0.25) is 0 Å². The number of hydrogen-bond acceptors (Lipinski definition) is 3. The average molecular weight is 296 g/mol. The molecule has 0 spiro atoms. The number of carbonyl (C=O) groups is 1. The summed E-state index contributed by atoms with van der Waals surface area (Å²) in [7, 11) is 0. The Bertz CT molecular complexity index is 481. The highest BCUT2D eigenvalue weighted by molar-refractivity contribution is 9.10. The first-order chi connectivity index (χ1) is 7.77. The Morgan fingerprint density at radius 1 is 1.25 bits per heavy atom. The molecule has 0 saturated heterocycles. The topological polar surface area (TPSA) is 29.1 Å². The summed E-state index contributed by atoms with van der Waals surface area (Å²) in [6.07, 6.45) is 0. The van der Waals surface area contributed by atoms with E-state index in [0.717, 1.165) is 15.7 Å². The van der Waals surface area contributed by atoms with Gasteiger partial charge in [0.1, 0.15) is 0 Å². The number of halogens is 1. The Labute approximate surface area is 106 Å². The molecular formula is C12H10BrNOS. The minimum Gasteiger partial charge on any atom is -0.378 e. The average Bonchev–Trinajstić information content (AvgIpc) is 2.74. The molecule has 0 unspecified atom stereocenters. The Morgan fingerprint density at radius 3 is 2.62 bits per heavy atom. The lowest BCUT2D eigenvalue weighted by Gasteiger charge is -2.04. The number of rotatable bonds is 4. The maximum atomic E-state index is 11.8. The molecule has 0 radical (unpaired) electrons. The zero-order valence-corrected chi connectivity index (χ0v) is 10.8. The fourth-order valence-corrected chi connectivity index (χ4v) is 2.83. The van der Waals surface area contributed by atoms with Gasteiger partial charge in [-0.2, -0.15) is 11.3 Å². The van der Waals surface area contributed by atoms with Gasteiger partial charge in [-0.3, -0.25) is 4.79 Å². The third-order valence-electron chi connectivity index (χ3n) is 2.14. The standard InChI is InChI=1S/C12H10BrNOS/c13-11-8-16-7-10(11)12(15)6-14-9-4-2-1-3-5-9/h1-5,7-8,14H,6H2. The highest BCUT2D eigenvalue weighted by atomic mass is 79.9. The molecule has 1 aromatic heterocycles. The highest BCUT2D eigenvalue weighted by Crippen LogP contribution is 2.21. The van der Waals surface area contributed by atoms with Crippen LogP contribution >= 0.6 is 27.3 Å². The number of benzene rings is 1. The van der Waals surface area contributed by atoms with E-state index in [2.05, 4.69) is 21.2 Å². The van der Waals surface area contributed by atoms with E-state index in [1.54, 1.807) is 0 Å². The Morgan fingerprint density at radius 2 is 2.00 bits per heavy atom. The van der Waals surface area contributed by atoms with Crippen molar-refractivity contribution in [2.45, 2.75) is 0 Å². The van der Waals surface area contributed by atoms with Gasteiger partial charge in [-0.15, -0.1) is 0 Å². The number of thiophene rings is 1.